The molecule has 0 bridgehead atoms. The van der Waals surface area contributed by atoms with Gasteiger partial charge in [0.15, 0.2) is 0 Å². The number of rotatable bonds is 4. The molecule has 0 unspecified atom stereocenters. The number of aromatic nitrogens is 1. The average molecular weight is 207 g/mol. The number of carbonyl (C=O) groups excluding carboxylic acids is 1. The summed E-state index contributed by atoms with van der Waals surface area (Å²) in [6.07, 6.45) is 0. The summed E-state index contributed by atoms with van der Waals surface area (Å²) in [5.41, 5.74) is 7.18. The first-order valence-electron chi connectivity index (χ1n) is 5.07. The van der Waals surface area contributed by atoms with Crippen LogP contribution in [0.5, 0.6) is 0 Å². The van der Waals surface area contributed by atoms with Crippen molar-refractivity contribution < 1.29 is 4.79 Å². The van der Waals surface area contributed by atoms with E-state index in [-0.39, 0.29) is 12.5 Å². The van der Waals surface area contributed by atoms with Crippen LogP contribution < -0.4 is 5.73 Å². The normalized spacial score (nSPS) is 10.1. The highest BCUT2D eigenvalue weighted by atomic mass is 16.2. The number of amides is 1. The van der Waals surface area contributed by atoms with Crippen LogP contribution in [0.4, 0.5) is 0 Å². The Bertz CT molecular complexity index is 338. The van der Waals surface area contributed by atoms with Gasteiger partial charge in [-0.1, -0.05) is 6.07 Å². The molecular formula is C11H17N3O. The van der Waals surface area contributed by atoms with Crippen LogP contribution in [0.3, 0.4) is 0 Å². The molecule has 0 saturated heterocycles. The quantitative estimate of drug-likeness (QED) is 0.790. The summed E-state index contributed by atoms with van der Waals surface area (Å²) >= 11 is 0. The van der Waals surface area contributed by atoms with E-state index in [0.29, 0.717) is 13.1 Å². The van der Waals surface area contributed by atoms with Crippen molar-refractivity contribution in [1.82, 2.24) is 9.88 Å². The SMILES string of the molecule is CCN(Cc1cccc(C)n1)C(=O)CN. The van der Waals surface area contributed by atoms with E-state index in [0.717, 1.165) is 11.4 Å². The number of aryl methyl sites for hydroxylation is 1. The molecule has 0 fully saturated rings. The number of hydrogen-bond donors (Lipinski definition) is 1. The molecule has 0 atom stereocenters. The molecule has 82 valence electrons. The number of carbonyl (C=O) groups is 1. The van der Waals surface area contributed by atoms with E-state index in [4.69, 9.17) is 5.73 Å². The van der Waals surface area contributed by atoms with Gasteiger partial charge in [-0.2, -0.15) is 0 Å². The van der Waals surface area contributed by atoms with Crippen molar-refractivity contribution in [3.05, 3.63) is 29.6 Å². The smallest absolute Gasteiger partial charge is 0.236 e. The minimum atomic E-state index is -0.0409. The zero-order valence-corrected chi connectivity index (χ0v) is 9.23. The predicted octanol–water partition coefficient (Wildman–Crippen LogP) is 0.697. The van der Waals surface area contributed by atoms with E-state index in [1.165, 1.54) is 0 Å². The van der Waals surface area contributed by atoms with Gasteiger partial charge in [-0.3, -0.25) is 9.78 Å². The molecule has 1 aromatic heterocycles. The largest absolute Gasteiger partial charge is 0.336 e. The number of likely N-dealkylation sites (N-methyl/N-ethyl adjacent to an activating group) is 1. The summed E-state index contributed by atoms with van der Waals surface area (Å²) < 4.78 is 0. The van der Waals surface area contributed by atoms with Gasteiger partial charge in [-0.05, 0) is 26.0 Å². The molecule has 0 radical (unpaired) electrons. The molecule has 1 rings (SSSR count). The maximum atomic E-state index is 11.4. The van der Waals surface area contributed by atoms with Crippen molar-refractivity contribution in [1.29, 1.82) is 0 Å². The standard InChI is InChI=1S/C11H17N3O/c1-3-14(11(15)7-12)8-10-6-4-5-9(2)13-10/h4-6H,3,7-8,12H2,1-2H3. The lowest BCUT2D eigenvalue weighted by molar-refractivity contribution is -0.130. The maximum absolute atomic E-state index is 11.4. The van der Waals surface area contributed by atoms with Gasteiger partial charge in [0.05, 0.1) is 18.8 Å². The van der Waals surface area contributed by atoms with Gasteiger partial charge < -0.3 is 10.6 Å². The summed E-state index contributed by atoms with van der Waals surface area (Å²) in [5.74, 6) is -0.0409. The summed E-state index contributed by atoms with van der Waals surface area (Å²) in [5, 5.41) is 0. The maximum Gasteiger partial charge on any atom is 0.236 e. The third kappa shape index (κ3) is 3.32. The van der Waals surface area contributed by atoms with Crippen LogP contribution >= 0.6 is 0 Å². The average Bonchev–Trinajstić information content (AvgIpc) is 2.25. The van der Waals surface area contributed by atoms with Gasteiger partial charge in [0.1, 0.15) is 0 Å². The first-order chi connectivity index (χ1) is 7.17. The topological polar surface area (TPSA) is 59.2 Å². The number of hydrogen-bond acceptors (Lipinski definition) is 3. The Balaban J connectivity index is 2.70. The van der Waals surface area contributed by atoms with Gasteiger partial charge in [-0.25, -0.2) is 0 Å². The van der Waals surface area contributed by atoms with E-state index in [1.807, 2.05) is 32.0 Å². The second kappa shape index (κ2) is 5.46. The fraction of sp³-hybridized carbons (Fsp3) is 0.455. The Morgan fingerprint density at radius 1 is 1.53 bits per heavy atom. The fourth-order valence-electron chi connectivity index (χ4n) is 1.39. The van der Waals surface area contributed by atoms with Crippen molar-refractivity contribution in [2.24, 2.45) is 5.73 Å². The molecule has 15 heavy (non-hydrogen) atoms. The molecule has 0 aromatic carbocycles. The van der Waals surface area contributed by atoms with E-state index < -0.39 is 0 Å². The van der Waals surface area contributed by atoms with Crippen LogP contribution in [-0.2, 0) is 11.3 Å². The van der Waals surface area contributed by atoms with Crippen LogP contribution in [0.15, 0.2) is 18.2 Å². The third-order valence-corrected chi connectivity index (χ3v) is 2.21. The lowest BCUT2D eigenvalue weighted by Gasteiger charge is -2.19. The molecule has 1 amide bonds. The Morgan fingerprint density at radius 3 is 2.80 bits per heavy atom. The Morgan fingerprint density at radius 2 is 2.27 bits per heavy atom. The van der Waals surface area contributed by atoms with Gasteiger partial charge in [0.2, 0.25) is 5.91 Å². The van der Waals surface area contributed by atoms with E-state index in [2.05, 4.69) is 4.98 Å². The van der Waals surface area contributed by atoms with E-state index in [1.54, 1.807) is 4.90 Å². The van der Waals surface area contributed by atoms with Gasteiger partial charge in [0.25, 0.3) is 0 Å². The lowest BCUT2D eigenvalue weighted by atomic mass is 10.3. The van der Waals surface area contributed by atoms with Crippen molar-refractivity contribution in [2.75, 3.05) is 13.1 Å². The van der Waals surface area contributed by atoms with Crippen LogP contribution in [0, 0.1) is 6.92 Å². The number of nitrogens with two attached hydrogens (primary N) is 1. The zero-order chi connectivity index (χ0) is 11.3. The van der Waals surface area contributed by atoms with Gasteiger partial charge >= 0.3 is 0 Å². The molecule has 4 nitrogen and oxygen atoms in total. The molecule has 1 heterocycles. The second-order valence-electron chi connectivity index (χ2n) is 3.38. The van der Waals surface area contributed by atoms with Gasteiger partial charge in [-0.15, -0.1) is 0 Å². The molecular weight excluding hydrogens is 190 g/mol. The van der Waals surface area contributed by atoms with Crippen molar-refractivity contribution >= 4 is 5.91 Å². The lowest BCUT2D eigenvalue weighted by Crippen LogP contribution is -2.35. The summed E-state index contributed by atoms with van der Waals surface area (Å²) in [6.45, 7) is 5.12. The number of nitrogens with zero attached hydrogens (tertiary/aromatic N) is 2. The molecule has 0 aliphatic carbocycles. The Labute approximate surface area is 90.1 Å². The third-order valence-electron chi connectivity index (χ3n) is 2.21. The minimum absolute atomic E-state index is 0.0409. The summed E-state index contributed by atoms with van der Waals surface area (Å²) in [7, 11) is 0. The molecule has 0 aliphatic heterocycles. The monoisotopic (exact) mass is 207 g/mol. The molecule has 0 saturated carbocycles. The van der Waals surface area contributed by atoms with E-state index >= 15 is 0 Å². The highest BCUT2D eigenvalue weighted by molar-refractivity contribution is 5.77. The van der Waals surface area contributed by atoms with Crippen molar-refractivity contribution in [3.63, 3.8) is 0 Å². The molecule has 0 spiro atoms. The van der Waals surface area contributed by atoms with Crippen LogP contribution in [-0.4, -0.2) is 28.9 Å². The van der Waals surface area contributed by atoms with Crippen molar-refractivity contribution in [2.45, 2.75) is 20.4 Å². The van der Waals surface area contributed by atoms with Gasteiger partial charge in [0, 0.05) is 12.2 Å². The summed E-state index contributed by atoms with van der Waals surface area (Å²) in [4.78, 5) is 17.4. The first kappa shape index (κ1) is 11.7. The first-order valence-corrected chi connectivity index (χ1v) is 5.07. The number of pyridine rings is 1. The fourth-order valence-corrected chi connectivity index (χ4v) is 1.39. The van der Waals surface area contributed by atoms with E-state index in [9.17, 15) is 4.79 Å². The van der Waals surface area contributed by atoms with Crippen molar-refractivity contribution in [3.8, 4) is 0 Å². The zero-order valence-electron chi connectivity index (χ0n) is 9.23. The summed E-state index contributed by atoms with van der Waals surface area (Å²) in [6, 6.07) is 5.79. The Hall–Kier alpha value is -1.42. The van der Waals surface area contributed by atoms with Crippen LogP contribution in [0.1, 0.15) is 18.3 Å². The van der Waals surface area contributed by atoms with Crippen LogP contribution in [0.25, 0.3) is 0 Å². The minimum Gasteiger partial charge on any atom is -0.336 e. The predicted molar refractivity (Wildman–Crippen MR) is 59.1 cm³/mol. The molecule has 1 aromatic rings. The molecule has 0 aliphatic rings. The second-order valence-corrected chi connectivity index (χ2v) is 3.38. The highest BCUT2D eigenvalue weighted by Gasteiger charge is 2.10. The van der Waals surface area contributed by atoms with Crippen LogP contribution in [0.2, 0.25) is 0 Å². The molecule has 4 heteroatoms. The highest BCUT2D eigenvalue weighted by Crippen LogP contribution is 2.03. The Kier molecular flexibility index (Phi) is 4.24. The molecule has 2 N–H and O–H groups in total.